The second kappa shape index (κ2) is 13.7. The molecule has 0 spiro atoms. The van der Waals surface area contributed by atoms with Crippen LogP contribution < -0.4 is 21.2 Å². The van der Waals surface area contributed by atoms with E-state index in [0.717, 1.165) is 5.90 Å². The Hall–Kier alpha value is 0.674. The monoisotopic (exact) mass is 906 g/mol. The van der Waals surface area contributed by atoms with E-state index in [9.17, 15) is 0 Å². The van der Waals surface area contributed by atoms with Gasteiger partial charge in [-0.15, -0.1) is 0 Å². The number of halogens is 2. The van der Waals surface area contributed by atoms with Gasteiger partial charge in [0.25, 0.3) is 0 Å². The molecule has 2 radical (unpaired) electrons. The van der Waals surface area contributed by atoms with Gasteiger partial charge in [0.1, 0.15) is 0 Å². The molecule has 4 aromatic rings. The Kier molecular flexibility index (Phi) is 11.7. The quantitative estimate of drug-likeness (QED) is 0.175. The summed E-state index contributed by atoms with van der Waals surface area (Å²) in [5.74, 6) is 1.14. The first-order chi connectivity index (χ1) is 15.5. The number of benzene rings is 4. The summed E-state index contributed by atoms with van der Waals surface area (Å²) in [6.45, 7) is 0. The van der Waals surface area contributed by atoms with Crippen LogP contribution >= 0.6 is 34.8 Å². The van der Waals surface area contributed by atoms with E-state index in [1.54, 1.807) is 0 Å². The van der Waals surface area contributed by atoms with Gasteiger partial charge in [-0.05, 0) is 0 Å². The molecule has 0 aliphatic rings. The van der Waals surface area contributed by atoms with Crippen LogP contribution in [0.2, 0.25) is 0 Å². The van der Waals surface area contributed by atoms with Gasteiger partial charge >= 0.3 is 233 Å². The molecule has 0 amide bonds. The second-order valence-electron chi connectivity index (χ2n) is 7.12. The van der Waals surface area contributed by atoms with Crippen LogP contribution in [-0.2, 0) is 19.7 Å². The molecule has 32 heavy (non-hydrogen) atoms. The summed E-state index contributed by atoms with van der Waals surface area (Å²) in [5.41, 5.74) is -3.31. The van der Waals surface area contributed by atoms with E-state index in [2.05, 4.69) is 175 Å². The van der Waals surface area contributed by atoms with E-state index in [4.69, 9.17) is 0 Å². The molecule has 0 aliphatic carbocycles. The van der Waals surface area contributed by atoms with E-state index < -0.39 is 30.7 Å². The van der Waals surface area contributed by atoms with E-state index in [0.29, 0.717) is 0 Å². The third-order valence-electron chi connectivity index (χ3n) is 5.14. The fraction of sp³-hybridized carbons (Fsp3) is 0.0400. The Balaban J connectivity index is 0.000000913. The third-order valence-corrected chi connectivity index (χ3v) is 23.6. The zero-order chi connectivity index (χ0) is 22.9. The summed E-state index contributed by atoms with van der Waals surface area (Å²) < 4.78 is 0. The summed E-state index contributed by atoms with van der Waals surface area (Å²) >= 11 is 12.4. The van der Waals surface area contributed by atoms with Crippen molar-refractivity contribution in [3.8, 4) is 0 Å². The Bertz CT molecular complexity index is 1010. The van der Waals surface area contributed by atoms with Gasteiger partial charge in [0.05, 0.1) is 0 Å². The second-order valence-corrected chi connectivity index (χ2v) is 45.8. The summed E-state index contributed by atoms with van der Waals surface area (Å²) in [7, 11) is 0. The fourth-order valence-corrected chi connectivity index (χ4v) is 26.6. The first-order valence-corrected chi connectivity index (χ1v) is 42.8. The van der Waals surface area contributed by atoms with Crippen LogP contribution in [0.5, 0.6) is 0 Å². The molecule has 0 saturated heterocycles. The molecular weight excluding hydrogens is 881 g/mol. The van der Waals surface area contributed by atoms with Crippen molar-refractivity contribution < 1.29 is 19.7 Å². The molecule has 7 heteroatoms. The molecule has 0 saturated carbocycles. The Labute approximate surface area is 230 Å². The van der Waals surface area contributed by atoms with Crippen molar-refractivity contribution in [1.29, 1.82) is 0 Å². The van der Waals surface area contributed by atoms with Gasteiger partial charge in [0.2, 0.25) is 0 Å². The maximum atomic E-state index is 3.28. The number of rotatable bonds is 6. The van der Waals surface area contributed by atoms with Crippen LogP contribution in [0.4, 0.5) is 0 Å². The van der Waals surface area contributed by atoms with Crippen molar-refractivity contribution in [2.75, 3.05) is 5.90 Å². The first-order valence-electron chi connectivity index (χ1n) is 10.1. The van der Waals surface area contributed by atoms with Gasteiger partial charge < -0.3 is 0 Å². The van der Waals surface area contributed by atoms with Gasteiger partial charge in [0, 0.05) is 0 Å². The molecule has 4 rings (SSSR count). The van der Waals surface area contributed by atoms with E-state index >= 15 is 0 Å². The normalized spacial score (nSPS) is 11.1. The summed E-state index contributed by atoms with van der Waals surface area (Å²) in [4.78, 5) is 0. The van der Waals surface area contributed by atoms with Crippen LogP contribution in [0.25, 0.3) is 0 Å². The van der Waals surface area contributed by atoms with Crippen LogP contribution in [0.15, 0.2) is 121 Å². The Morgan fingerprint density at radius 2 is 0.656 bits per heavy atom. The molecule has 0 N–H and O–H groups in total. The zero-order valence-electron chi connectivity index (χ0n) is 17.5. The minimum atomic E-state index is -1.66. The molecule has 4 aromatic carbocycles. The number of hydrogen-bond donors (Lipinski definition) is 0. The van der Waals surface area contributed by atoms with Crippen molar-refractivity contribution in [3.05, 3.63) is 121 Å². The van der Waals surface area contributed by atoms with E-state index in [-0.39, 0.29) is 0 Å². The molecule has 0 aliphatic heterocycles. The van der Waals surface area contributed by atoms with Gasteiger partial charge in [-0.25, -0.2) is 0 Å². The predicted molar refractivity (Wildman–Crippen MR) is 155 cm³/mol. The van der Waals surface area contributed by atoms with Crippen molar-refractivity contribution in [2.45, 2.75) is 0 Å². The molecule has 0 bridgehead atoms. The zero-order valence-corrected chi connectivity index (χ0v) is 31.7. The fourth-order valence-electron chi connectivity index (χ4n) is 3.62. The molecule has 0 atom stereocenters. The van der Waals surface area contributed by atoms with Crippen molar-refractivity contribution in [2.24, 2.45) is 0 Å². The van der Waals surface area contributed by atoms with Gasteiger partial charge in [-0.2, -0.15) is 0 Å². The molecule has 0 unspecified atom stereocenters. The van der Waals surface area contributed by atoms with E-state index in [1.165, 1.54) is 21.2 Å². The Morgan fingerprint density at radius 3 is 0.844 bits per heavy atom. The topological polar surface area (TPSA) is 0 Å². The molecule has 0 heterocycles. The molecule has 0 fully saturated rings. The SMILES string of the molecule is [Br][Hg][Br].[SeH]=P(CP(=[SeH])(c1ccccc1)c1ccccc1)(c1ccccc1)c1ccccc1. The van der Waals surface area contributed by atoms with Gasteiger partial charge in [0.15, 0.2) is 0 Å². The maximum absolute atomic E-state index is 3.28. The van der Waals surface area contributed by atoms with Crippen LogP contribution in [0.3, 0.4) is 0 Å². The molecule has 0 aromatic heterocycles. The third kappa shape index (κ3) is 6.88. The Morgan fingerprint density at radius 1 is 0.469 bits per heavy atom. The number of hydrogen-bond acceptors (Lipinski definition) is 0. The van der Waals surface area contributed by atoms with Crippen molar-refractivity contribution in [1.82, 2.24) is 0 Å². The standard InChI is InChI=1S/C25H24P2Se2.2BrH.Hg/c28-26(22-13-5-1-6-14-22,23-15-7-2-8-16-23)21-27(29,24-17-9-3-10-18-24)25-19-11-4-12-20-25;;;/h1-20,28-29H,21H2;2*1H;/q;;;+2/p-2. The van der Waals surface area contributed by atoms with Gasteiger partial charge in [-0.1, -0.05) is 0 Å². The summed E-state index contributed by atoms with van der Waals surface area (Å²) in [6.07, 6.45) is 0. The minimum absolute atomic E-state index is 0.458. The van der Waals surface area contributed by atoms with Crippen LogP contribution in [-0.4, -0.2) is 36.1 Å². The van der Waals surface area contributed by atoms with Gasteiger partial charge in [-0.3, -0.25) is 0 Å². The molecule has 0 nitrogen and oxygen atoms in total. The van der Waals surface area contributed by atoms with E-state index in [1.807, 2.05) is 0 Å². The predicted octanol–water partition coefficient (Wildman–Crippen LogP) is 5.60. The average Bonchev–Trinajstić information content (AvgIpc) is 2.86. The van der Waals surface area contributed by atoms with Crippen LogP contribution in [0, 0.1) is 0 Å². The van der Waals surface area contributed by atoms with Crippen molar-refractivity contribution in [3.63, 3.8) is 0 Å². The molecular formula is C25H24Br2HgP2Se2. The first kappa shape index (κ1) is 27.3. The van der Waals surface area contributed by atoms with Crippen LogP contribution in [0.1, 0.15) is 0 Å². The van der Waals surface area contributed by atoms with Crippen molar-refractivity contribution >= 4 is 86.2 Å². The average molecular weight is 905 g/mol. The molecule has 162 valence electrons. The summed E-state index contributed by atoms with van der Waals surface area (Å²) in [5, 5.41) is 5.81. The summed E-state index contributed by atoms with van der Waals surface area (Å²) in [6, 6.07) is 44.4.